The van der Waals surface area contributed by atoms with Crippen LogP contribution in [0.5, 0.6) is 0 Å². The lowest BCUT2D eigenvalue weighted by atomic mass is 9.89. The summed E-state index contributed by atoms with van der Waals surface area (Å²) in [5.41, 5.74) is 0.702. The predicted octanol–water partition coefficient (Wildman–Crippen LogP) is 7.58. The van der Waals surface area contributed by atoms with Crippen molar-refractivity contribution in [2.24, 2.45) is 21.8 Å². The number of carboxylic acids is 2. The zero-order valence-electron chi connectivity index (χ0n) is 37.8. The zero-order valence-corrected chi connectivity index (χ0v) is 37.8. The van der Waals surface area contributed by atoms with Crippen molar-refractivity contribution in [3.8, 4) is 0 Å². The van der Waals surface area contributed by atoms with E-state index in [4.69, 9.17) is 0 Å². The summed E-state index contributed by atoms with van der Waals surface area (Å²) >= 11 is 0. The highest BCUT2D eigenvalue weighted by Crippen LogP contribution is 2.40. The van der Waals surface area contributed by atoms with Crippen LogP contribution in [0, 0.1) is 45.9 Å². The summed E-state index contributed by atoms with van der Waals surface area (Å²) in [6.45, 7) is 20.1. The van der Waals surface area contributed by atoms with Gasteiger partial charge in [0, 0.05) is 29.3 Å². The number of nitrogens with one attached hydrogen (secondary N) is 3. The highest BCUT2D eigenvalue weighted by Gasteiger charge is 2.44. The molecule has 2 amide bonds. The minimum Gasteiger partial charge on any atom is -0.478 e. The molecular formula is C45H55N9O10. The van der Waals surface area contributed by atoms with E-state index in [0.29, 0.717) is 23.1 Å². The maximum Gasteiger partial charge on any atom is 0.338 e. The quantitative estimate of drug-likeness (QED) is 0.0640. The van der Waals surface area contributed by atoms with E-state index in [1.807, 2.05) is 60.6 Å². The number of carbonyl (C=O) groups excluding carboxylic acids is 2. The molecule has 64 heavy (non-hydrogen) atoms. The topological polar surface area (TPSA) is 282 Å². The Morgan fingerprint density at radius 3 is 1.77 bits per heavy atom. The van der Waals surface area contributed by atoms with Crippen LogP contribution >= 0.6 is 0 Å². The van der Waals surface area contributed by atoms with Crippen LogP contribution in [-0.4, -0.2) is 82.6 Å². The number of benzene rings is 2. The maximum atomic E-state index is 12.3. The average Bonchev–Trinajstić information content (AvgIpc) is 3.74. The standard InChI is InChI=1S/C17H17N3O3.C15H19N3O3.C13H19N3O4/c1-9(2)17(3)16(23)19-14(20-17)13-11(15(21)22)8-10-6-4-5-7-12(10)18-13;1-5-9-6-10(13(19)20)11(16-7-9)12-17-14(21)15(4,18-12)8(2)3;1-5-10(6-2)14-12-11(15(17)18)7-8(3)9(4)13(12)16(19)20/h4-9H,1-3H3,(H,21,22)(H,19,20,23);6-8H,5H2,1-4H3,(H,19,20)(H,17,18,21);7,10,14H,5-6H2,1-4H3. The summed E-state index contributed by atoms with van der Waals surface area (Å²) in [6.07, 6.45) is 3.77. The van der Waals surface area contributed by atoms with Crippen LogP contribution < -0.4 is 16.0 Å². The molecule has 2 unspecified atom stereocenters. The number of nitro benzene ring substituents is 2. The van der Waals surface area contributed by atoms with Gasteiger partial charge in [-0.25, -0.2) is 24.6 Å². The molecule has 2 atom stereocenters. The number of anilines is 1. The third-order valence-electron chi connectivity index (χ3n) is 11.8. The SMILES string of the molecule is CC(C)C1(C)N=C(c2nc3ccccc3cc2C(=O)O)NC1=O.CCC(CC)Nc1c([N+](=O)[O-])cc(C)c(C)c1[N+](=O)[O-].CCc1cnc(C2=NC(C)(C(C)C)C(=O)N2)c(C(=O)O)c1. The van der Waals surface area contributed by atoms with Gasteiger partial charge in [-0.1, -0.05) is 66.7 Å². The number of aliphatic imine (C=N–C) groups is 2. The average molecular weight is 882 g/mol. The van der Waals surface area contributed by atoms with Crippen molar-refractivity contribution in [1.82, 2.24) is 20.6 Å². The number of para-hydroxylation sites is 1. The molecule has 0 radical (unpaired) electrons. The molecule has 340 valence electrons. The van der Waals surface area contributed by atoms with Gasteiger partial charge >= 0.3 is 17.6 Å². The van der Waals surface area contributed by atoms with Gasteiger partial charge in [-0.05, 0) is 88.1 Å². The van der Waals surface area contributed by atoms with E-state index in [1.54, 1.807) is 58.2 Å². The zero-order chi connectivity index (χ0) is 48.0. The minimum absolute atomic E-state index is 0.00167. The molecule has 0 fully saturated rings. The number of amides is 2. The van der Waals surface area contributed by atoms with Gasteiger partial charge < -0.3 is 26.2 Å². The van der Waals surface area contributed by atoms with Crippen molar-refractivity contribution >= 4 is 63.4 Å². The van der Waals surface area contributed by atoms with Gasteiger partial charge in [0.2, 0.25) is 0 Å². The highest BCUT2D eigenvalue weighted by molar-refractivity contribution is 6.19. The number of aromatic nitrogens is 2. The lowest BCUT2D eigenvalue weighted by Crippen LogP contribution is -2.41. The third kappa shape index (κ3) is 10.2. The summed E-state index contributed by atoms with van der Waals surface area (Å²) in [5, 5.41) is 50.3. The number of carboxylic acid groups (broad SMARTS) is 2. The number of amidine groups is 2. The van der Waals surface area contributed by atoms with Crippen LogP contribution in [0.2, 0.25) is 0 Å². The molecule has 19 heteroatoms. The smallest absolute Gasteiger partial charge is 0.338 e. The Hall–Kier alpha value is -7.18. The second-order valence-corrected chi connectivity index (χ2v) is 16.4. The minimum atomic E-state index is -1.10. The van der Waals surface area contributed by atoms with E-state index in [-0.39, 0.29) is 80.9 Å². The monoisotopic (exact) mass is 881 g/mol. The predicted molar refractivity (Wildman–Crippen MR) is 242 cm³/mol. The van der Waals surface area contributed by atoms with Gasteiger partial charge in [0.1, 0.15) is 22.5 Å². The lowest BCUT2D eigenvalue weighted by molar-refractivity contribution is -0.392. The second kappa shape index (κ2) is 19.9. The van der Waals surface area contributed by atoms with Crippen LogP contribution in [0.4, 0.5) is 17.1 Å². The second-order valence-electron chi connectivity index (χ2n) is 16.4. The summed E-state index contributed by atoms with van der Waals surface area (Å²) in [6, 6.07) is 11.7. The number of nitrogens with zero attached hydrogens (tertiary/aromatic N) is 6. The lowest BCUT2D eigenvalue weighted by Gasteiger charge is -2.21. The van der Waals surface area contributed by atoms with E-state index >= 15 is 0 Å². The first-order chi connectivity index (χ1) is 29.9. The number of aryl methyl sites for hydroxylation is 2. The van der Waals surface area contributed by atoms with Gasteiger partial charge in [-0.3, -0.25) is 34.8 Å². The molecule has 2 aliphatic rings. The molecule has 0 saturated carbocycles. The van der Waals surface area contributed by atoms with Crippen LogP contribution in [0.3, 0.4) is 0 Å². The number of hydrogen-bond donors (Lipinski definition) is 5. The van der Waals surface area contributed by atoms with Crippen LogP contribution in [-0.2, 0) is 16.0 Å². The van der Waals surface area contributed by atoms with Gasteiger partial charge in [-0.15, -0.1) is 0 Å². The van der Waals surface area contributed by atoms with Crippen molar-refractivity contribution in [1.29, 1.82) is 0 Å². The number of nitro groups is 2. The Bertz CT molecular complexity index is 2590. The van der Waals surface area contributed by atoms with Crippen LogP contribution in [0.15, 0.2) is 58.6 Å². The van der Waals surface area contributed by atoms with Crippen LogP contribution in [0.25, 0.3) is 10.9 Å². The highest BCUT2D eigenvalue weighted by atomic mass is 16.6. The Morgan fingerprint density at radius 2 is 1.31 bits per heavy atom. The molecule has 2 aromatic heterocycles. The van der Waals surface area contributed by atoms with Crippen molar-refractivity contribution < 1.29 is 39.2 Å². The molecule has 6 rings (SSSR count). The number of hydrogen-bond acceptors (Lipinski definition) is 13. The molecule has 0 spiro atoms. The van der Waals surface area contributed by atoms with Gasteiger partial charge in [-0.2, -0.15) is 0 Å². The molecule has 5 N–H and O–H groups in total. The Labute approximate surface area is 370 Å². The number of pyridine rings is 2. The van der Waals surface area contributed by atoms with Crippen molar-refractivity contribution in [2.45, 2.75) is 113 Å². The van der Waals surface area contributed by atoms with E-state index in [9.17, 15) is 49.6 Å². The number of carbonyl (C=O) groups is 4. The summed E-state index contributed by atoms with van der Waals surface area (Å²) in [4.78, 5) is 86.1. The molecule has 0 aliphatic carbocycles. The van der Waals surface area contributed by atoms with E-state index < -0.39 is 32.9 Å². The number of fused-ring (bicyclic) bond motifs is 1. The summed E-state index contributed by atoms with van der Waals surface area (Å²) in [5.74, 6) is -2.23. The van der Waals surface area contributed by atoms with Gasteiger partial charge in [0.15, 0.2) is 17.4 Å². The fourth-order valence-electron chi connectivity index (χ4n) is 6.70. The molecular weight excluding hydrogens is 827 g/mol. The van der Waals surface area contributed by atoms with Crippen molar-refractivity contribution in [3.63, 3.8) is 0 Å². The third-order valence-corrected chi connectivity index (χ3v) is 11.8. The summed E-state index contributed by atoms with van der Waals surface area (Å²) < 4.78 is 0. The Morgan fingerprint density at radius 1 is 0.797 bits per heavy atom. The molecule has 0 bridgehead atoms. The van der Waals surface area contributed by atoms with E-state index in [0.717, 1.165) is 23.8 Å². The molecule has 4 heterocycles. The number of aromatic carboxylic acids is 2. The first kappa shape index (κ1) is 49.5. The molecule has 2 aromatic carbocycles. The van der Waals surface area contributed by atoms with Crippen molar-refractivity contribution in [3.05, 3.63) is 108 Å². The molecule has 19 nitrogen and oxygen atoms in total. The number of rotatable bonds is 13. The maximum absolute atomic E-state index is 12.3. The van der Waals surface area contributed by atoms with Crippen molar-refractivity contribution in [2.75, 3.05) is 5.32 Å². The largest absolute Gasteiger partial charge is 0.478 e. The van der Waals surface area contributed by atoms with Gasteiger partial charge in [0.25, 0.3) is 17.5 Å². The van der Waals surface area contributed by atoms with Crippen LogP contribution in [0.1, 0.15) is 124 Å². The fourth-order valence-corrected chi connectivity index (χ4v) is 6.70. The van der Waals surface area contributed by atoms with Gasteiger partial charge in [0.05, 0.1) is 26.5 Å². The molecule has 4 aromatic rings. The first-order valence-electron chi connectivity index (χ1n) is 20.8. The Balaban J connectivity index is 0.000000211. The molecule has 0 saturated heterocycles. The van der Waals surface area contributed by atoms with E-state index in [2.05, 4.69) is 35.9 Å². The molecule has 2 aliphatic heterocycles. The fraction of sp³-hybridized carbons (Fsp3) is 0.422. The first-order valence-corrected chi connectivity index (χ1v) is 20.8. The Kier molecular flexibility index (Phi) is 15.4. The summed E-state index contributed by atoms with van der Waals surface area (Å²) in [7, 11) is 0. The van der Waals surface area contributed by atoms with E-state index in [1.165, 1.54) is 6.07 Å². The normalized spacial score (nSPS) is 17.8.